The summed E-state index contributed by atoms with van der Waals surface area (Å²) in [5, 5.41) is 14.1. The van der Waals surface area contributed by atoms with Crippen LogP contribution in [0.4, 0.5) is 10.2 Å². The number of anilines is 1. The highest BCUT2D eigenvalue weighted by atomic mass is 35.5. The van der Waals surface area contributed by atoms with Crippen molar-refractivity contribution in [1.29, 1.82) is 0 Å². The van der Waals surface area contributed by atoms with Gasteiger partial charge in [0.2, 0.25) is 5.91 Å². The molecule has 0 saturated carbocycles. The number of nitrogens with one attached hydrogen (secondary N) is 1. The molecule has 1 aromatic carbocycles. The lowest BCUT2D eigenvalue weighted by atomic mass is 9.97. The van der Waals surface area contributed by atoms with Crippen LogP contribution in [0.1, 0.15) is 52.1 Å². The molecule has 1 aromatic heterocycles. The van der Waals surface area contributed by atoms with Crippen LogP contribution < -0.4 is 15.0 Å². The van der Waals surface area contributed by atoms with E-state index >= 15 is 4.39 Å². The van der Waals surface area contributed by atoms with E-state index in [0.29, 0.717) is 56.9 Å². The van der Waals surface area contributed by atoms with Gasteiger partial charge in [-0.1, -0.05) is 17.7 Å². The standard InChI is InChI=1S/C30H37ClFN5O5/c1-16-13-37-17(8-9-21(37)39)14-36(16)28-23-26(29(40)42-30(2,3)4)35-11-10-33-12-18(35)15-41-27(23)24(31)25(34-28)22-19(32)6-5-7-20(22)38/h5-7,16-18,26,33,38H,8-15H2,1-4H3/t16-,17?,18+,26?/m0/s1. The minimum absolute atomic E-state index is 0.0119. The van der Waals surface area contributed by atoms with Crippen molar-refractivity contribution in [3.63, 3.8) is 0 Å². The van der Waals surface area contributed by atoms with E-state index in [1.54, 1.807) is 0 Å². The van der Waals surface area contributed by atoms with Crippen LogP contribution in [-0.2, 0) is 14.3 Å². The van der Waals surface area contributed by atoms with E-state index in [-0.39, 0.29) is 58.4 Å². The smallest absolute Gasteiger partial charge is 0.328 e. The number of pyridine rings is 1. The maximum atomic E-state index is 15.3. The minimum Gasteiger partial charge on any atom is -0.507 e. The van der Waals surface area contributed by atoms with E-state index < -0.39 is 23.4 Å². The summed E-state index contributed by atoms with van der Waals surface area (Å²) in [5.41, 5.74) is -0.412. The zero-order chi connectivity index (χ0) is 29.9. The van der Waals surface area contributed by atoms with E-state index in [1.165, 1.54) is 18.2 Å². The molecule has 42 heavy (non-hydrogen) atoms. The molecule has 0 aliphatic carbocycles. The first-order chi connectivity index (χ1) is 19.9. The number of carbonyl (C=O) groups excluding carboxylic acids is 2. The number of esters is 1. The molecule has 6 rings (SSSR count). The summed E-state index contributed by atoms with van der Waals surface area (Å²) < 4.78 is 27.7. The van der Waals surface area contributed by atoms with Crippen LogP contribution in [0.25, 0.3) is 11.3 Å². The maximum Gasteiger partial charge on any atom is 0.328 e. The third kappa shape index (κ3) is 5.05. The molecule has 2 unspecified atom stereocenters. The lowest BCUT2D eigenvalue weighted by molar-refractivity contribution is -0.163. The largest absolute Gasteiger partial charge is 0.507 e. The van der Waals surface area contributed by atoms with Gasteiger partial charge in [-0.2, -0.15) is 0 Å². The summed E-state index contributed by atoms with van der Waals surface area (Å²) in [4.78, 5) is 37.7. The Morgan fingerprint density at radius 2 is 2.02 bits per heavy atom. The summed E-state index contributed by atoms with van der Waals surface area (Å²) in [5.74, 6) is -0.689. The highest BCUT2D eigenvalue weighted by molar-refractivity contribution is 6.35. The molecule has 2 N–H and O–H groups in total. The third-order valence-electron chi connectivity index (χ3n) is 8.51. The highest BCUT2D eigenvalue weighted by Gasteiger charge is 2.47. The summed E-state index contributed by atoms with van der Waals surface area (Å²) >= 11 is 7.01. The van der Waals surface area contributed by atoms with E-state index in [9.17, 15) is 14.7 Å². The molecule has 4 aliphatic rings. The summed E-state index contributed by atoms with van der Waals surface area (Å²) in [6.45, 7) is 10.5. The third-order valence-corrected chi connectivity index (χ3v) is 8.87. The number of rotatable bonds is 3. The first-order valence-corrected chi connectivity index (χ1v) is 14.9. The van der Waals surface area contributed by atoms with E-state index in [0.717, 1.165) is 0 Å². The Hall–Kier alpha value is -3.15. The lowest BCUT2D eigenvalue weighted by Gasteiger charge is -2.45. The van der Waals surface area contributed by atoms with Crippen molar-refractivity contribution in [2.24, 2.45) is 0 Å². The number of phenols is 1. The Kier molecular flexibility index (Phi) is 7.47. The van der Waals surface area contributed by atoms with Crippen molar-refractivity contribution in [3.8, 4) is 22.8 Å². The minimum atomic E-state index is -0.896. The van der Waals surface area contributed by atoms with E-state index in [1.807, 2.05) is 32.6 Å². The second-order valence-corrected chi connectivity index (χ2v) is 12.9. The average molecular weight is 602 g/mol. The molecule has 0 spiro atoms. The Labute approximate surface area is 249 Å². The fourth-order valence-electron chi connectivity index (χ4n) is 6.61. The van der Waals surface area contributed by atoms with Gasteiger partial charge in [0, 0.05) is 51.2 Å². The van der Waals surface area contributed by atoms with Gasteiger partial charge in [0.15, 0.2) is 0 Å². The fourth-order valence-corrected chi connectivity index (χ4v) is 6.90. The predicted molar refractivity (Wildman–Crippen MR) is 155 cm³/mol. The molecule has 4 aliphatic heterocycles. The topological polar surface area (TPSA) is 107 Å². The molecule has 0 bridgehead atoms. The number of aromatic hydroxyl groups is 1. The van der Waals surface area contributed by atoms with Crippen molar-refractivity contribution in [2.75, 3.05) is 44.2 Å². The van der Waals surface area contributed by atoms with Gasteiger partial charge in [-0.25, -0.2) is 14.2 Å². The Morgan fingerprint density at radius 3 is 2.76 bits per heavy atom. The van der Waals surface area contributed by atoms with Gasteiger partial charge in [0.25, 0.3) is 0 Å². The predicted octanol–water partition coefficient (Wildman–Crippen LogP) is 3.50. The van der Waals surface area contributed by atoms with Crippen LogP contribution in [0.2, 0.25) is 5.02 Å². The number of piperazine rings is 2. The van der Waals surface area contributed by atoms with Crippen molar-refractivity contribution >= 4 is 29.3 Å². The van der Waals surface area contributed by atoms with Crippen LogP contribution in [-0.4, -0.2) is 94.8 Å². The molecule has 2 aromatic rings. The van der Waals surface area contributed by atoms with Crippen molar-refractivity contribution in [2.45, 2.75) is 70.3 Å². The number of hydrogen-bond acceptors (Lipinski definition) is 9. The molecule has 226 valence electrons. The zero-order valence-corrected chi connectivity index (χ0v) is 25.1. The van der Waals surface area contributed by atoms with Gasteiger partial charge < -0.3 is 29.7 Å². The number of aromatic nitrogens is 1. The molecular weight excluding hydrogens is 565 g/mol. The van der Waals surface area contributed by atoms with Crippen molar-refractivity contribution in [3.05, 3.63) is 34.6 Å². The monoisotopic (exact) mass is 601 g/mol. The number of nitrogens with zero attached hydrogens (tertiary/aromatic N) is 4. The number of fused-ring (bicyclic) bond motifs is 3. The van der Waals surface area contributed by atoms with Gasteiger partial charge >= 0.3 is 5.97 Å². The quantitative estimate of drug-likeness (QED) is 0.511. The van der Waals surface area contributed by atoms with Crippen molar-refractivity contribution in [1.82, 2.24) is 20.1 Å². The SMILES string of the molecule is C[C@H]1CN2C(=O)CCC2CN1c1nc(-c2c(O)cccc2F)c(Cl)c2c1C(C(=O)OC(C)(C)C)N1CCNC[C@@H]1CO2. The fraction of sp³-hybridized carbons (Fsp3) is 0.567. The van der Waals surface area contributed by atoms with Crippen molar-refractivity contribution < 1.29 is 28.6 Å². The van der Waals surface area contributed by atoms with Gasteiger partial charge in [0.1, 0.15) is 52.1 Å². The second kappa shape index (κ2) is 10.8. The summed E-state index contributed by atoms with van der Waals surface area (Å²) in [6.07, 6.45) is 1.20. The molecule has 10 nitrogen and oxygen atoms in total. The molecule has 5 heterocycles. The molecule has 12 heteroatoms. The summed E-state index contributed by atoms with van der Waals surface area (Å²) in [6, 6.07) is 2.76. The van der Waals surface area contributed by atoms with Gasteiger partial charge in [-0.3, -0.25) is 9.69 Å². The molecule has 1 amide bonds. The van der Waals surface area contributed by atoms with Gasteiger partial charge in [-0.15, -0.1) is 0 Å². The molecule has 3 fully saturated rings. The van der Waals surface area contributed by atoms with Gasteiger partial charge in [-0.05, 0) is 46.2 Å². The number of halogens is 2. The van der Waals surface area contributed by atoms with Crippen LogP contribution >= 0.6 is 11.6 Å². The number of phenolic OH excluding ortho intramolecular Hbond substituents is 1. The Balaban J connectivity index is 1.60. The van der Waals surface area contributed by atoms with E-state index in [2.05, 4.69) is 15.1 Å². The van der Waals surface area contributed by atoms with Crippen LogP contribution in [0.5, 0.6) is 11.5 Å². The van der Waals surface area contributed by atoms with Crippen LogP contribution in [0, 0.1) is 5.82 Å². The maximum absolute atomic E-state index is 15.3. The number of benzene rings is 1. The zero-order valence-electron chi connectivity index (χ0n) is 24.3. The van der Waals surface area contributed by atoms with E-state index in [4.69, 9.17) is 26.1 Å². The number of hydrogen-bond donors (Lipinski definition) is 2. The molecule has 4 atom stereocenters. The first-order valence-electron chi connectivity index (χ1n) is 14.5. The lowest BCUT2D eigenvalue weighted by Crippen LogP contribution is -2.57. The van der Waals surface area contributed by atoms with Crippen LogP contribution in [0.15, 0.2) is 18.2 Å². The molecule has 0 radical (unpaired) electrons. The average Bonchev–Trinajstić information content (AvgIpc) is 3.17. The number of amides is 1. The highest BCUT2D eigenvalue weighted by Crippen LogP contribution is 2.50. The Morgan fingerprint density at radius 1 is 1.24 bits per heavy atom. The van der Waals surface area contributed by atoms with Crippen LogP contribution in [0.3, 0.4) is 0 Å². The number of ether oxygens (including phenoxy) is 2. The van der Waals surface area contributed by atoms with Gasteiger partial charge in [0.05, 0.1) is 17.2 Å². The Bertz CT molecular complexity index is 1400. The first kappa shape index (κ1) is 28.9. The summed E-state index contributed by atoms with van der Waals surface area (Å²) in [7, 11) is 0. The normalized spacial score (nSPS) is 26.2. The second-order valence-electron chi connectivity index (χ2n) is 12.6. The number of carbonyl (C=O) groups is 2. The molecule has 3 saturated heterocycles. The molecular formula is C30H37ClFN5O5.